The van der Waals surface area contributed by atoms with Gasteiger partial charge in [0.15, 0.2) is 0 Å². The monoisotopic (exact) mass is 476 g/mol. The molecule has 0 heterocycles. The summed E-state index contributed by atoms with van der Waals surface area (Å²) in [5.41, 5.74) is 5.95. The van der Waals surface area contributed by atoms with Crippen molar-refractivity contribution in [3.05, 3.63) is 0 Å². The third-order valence-corrected chi connectivity index (χ3v) is 5.80. The van der Waals surface area contributed by atoms with Crippen LogP contribution in [0.2, 0.25) is 0 Å². The summed E-state index contributed by atoms with van der Waals surface area (Å²) in [7, 11) is 0. The summed E-state index contributed by atoms with van der Waals surface area (Å²) < 4.78 is 0. The molecule has 7 N–H and O–H groups in total. The number of hydrogen-bond donors (Lipinski definition) is 7. The quantitative estimate of drug-likeness (QED) is 0.157. The number of aliphatic carboxylic acids is 2. The van der Waals surface area contributed by atoms with E-state index >= 15 is 0 Å². The molecule has 0 fully saturated rings. The predicted octanol–water partition coefficient (Wildman–Crippen LogP) is -0.260. The van der Waals surface area contributed by atoms with E-state index in [-0.39, 0.29) is 24.0 Å². The van der Waals surface area contributed by atoms with E-state index in [1.165, 1.54) is 0 Å². The van der Waals surface area contributed by atoms with Gasteiger partial charge in [-0.3, -0.25) is 19.2 Å². The Hall–Kier alpha value is -2.34. The maximum Gasteiger partial charge on any atom is 0.326 e. The van der Waals surface area contributed by atoms with E-state index in [1.54, 1.807) is 6.92 Å². The van der Waals surface area contributed by atoms with Crippen molar-refractivity contribution in [2.75, 3.05) is 5.75 Å². The van der Waals surface area contributed by atoms with E-state index in [0.717, 1.165) is 0 Å². The summed E-state index contributed by atoms with van der Waals surface area (Å²) in [5.74, 6) is -5.03. The lowest BCUT2D eigenvalue weighted by Gasteiger charge is -2.28. The Morgan fingerprint density at radius 1 is 0.844 bits per heavy atom. The minimum absolute atomic E-state index is 0.0923. The highest BCUT2D eigenvalue weighted by molar-refractivity contribution is 7.80. The first-order chi connectivity index (χ1) is 14.9. The second kappa shape index (κ2) is 14.7. The van der Waals surface area contributed by atoms with Crippen LogP contribution in [0, 0.1) is 11.8 Å². The van der Waals surface area contributed by atoms with Gasteiger partial charge in [-0.05, 0) is 18.3 Å². The summed E-state index contributed by atoms with van der Waals surface area (Å²) in [6.45, 7) is 7.33. The minimum atomic E-state index is -1.43. The largest absolute Gasteiger partial charge is 0.481 e. The van der Waals surface area contributed by atoms with Crippen LogP contribution in [-0.2, 0) is 24.0 Å². The number of carbonyl (C=O) groups excluding carboxylic acids is 3. The number of nitrogens with two attached hydrogens (primary N) is 1. The number of carboxylic acids is 2. The second-order valence-electron chi connectivity index (χ2n) is 7.86. The summed E-state index contributed by atoms with van der Waals surface area (Å²) >= 11 is 4.05. The Labute approximate surface area is 193 Å². The first-order valence-corrected chi connectivity index (χ1v) is 11.2. The van der Waals surface area contributed by atoms with Crippen molar-refractivity contribution >= 4 is 42.3 Å². The molecule has 0 aliphatic carbocycles. The number of rotatable bonds is 15. The van der Waals surface area contributed by atoms with Gasteiger partial charge in [0.1, 0.15) is 18.1 Å². The zero-order chi connectivity index (χ0) is 25.0. The van der Waals surface area contributed by atoms with Crippen LogP contribution in [0.5, 0.6) is 0 Å². The first-order valence-electron chi connectivity index (χ1n) is 10.6. The highest BCUT2D eigenvalue weighted by Gasteiger charge is 2.32. The zero-order valence-corrected chi connectivity index (χ0v) is 19.9. The Balaban J connectivity index is 5.32. The third-order valence-electron chi connectivity index (χ3n) is 5.43. The van der Waals surface area contributed by atoms with Crippen molar-refractivity contribution in [2.24, 2.45) is 17.6 Å². The SMILES string of the molecule is CCC(C)C(N)C(=O)NC(C(=O)NC(CS)C(=O)NC(CCC(=O)O)C(=O)O)C(C)CC. The number of thiol groups is 1. The molecule has 12 heteroatoms. The highest BCUT2D eigenvalue weighted by Crippen LogP contribution is 2.11. The maximum atomic E-state index is 12.9. The lowest BCUT2D eigenvalue weighted by molar-refractivity contribution is -0.143. The molecule has 0 radical (unpaired) electrons. The molecule has 11 nitrogen and oxygen atoms in total. The van der Waals surface area contributed by atoms with Crippen molar-refractivity contribution < 1.29 is 34.2 Å². The maximum absolute atomic E-state index is 12.9. The molecular formula is C20H36N4O7S. The van der Waals surface area contributed by atoms with Crippen LogP contribution in [0.3, 0.4) is 0 Å². The number of carboxylic acid groups (broad SMARTS) is 2. The second-order valence-corrected chi connectivity index (χ2v) is 8.22. The topological polar surface area (TPSA) is 188 Å². The van der Waals surface area contributed by atoms with Crippen LogP contribution < -0.4 is 21.7 Å². The van der Waals surface area contributed by atoms with Gasteiger partial charge in [-0.2, -0.15) is 12.6 Å². The van der Waals surface area contributed by atoms with Gasteiger partial charge < -0.3 is 31.9 Å². The number of hydrogen-bond acceptors (Lipinski definition) is 7. The normalized spacial score (nSPS) is 16.6. The molecule has 184 valence electrons. The van der Waals surface area contributed by atoms with E-state index in [0.29, 0.717) is 12.8 Å². The lowest BCUT2D eigenvalue weighted by atomic mass is 9.95. The van der Waals surface area contributed by atoms with Gasteiger partial charge in [0, 0.05) is 12.2 Å². The van der Waals surface area contributed by atoms with Crippen LogP contribution >= 0.6 is 12.6 Å². The molecule has 0 aliphatic heterocycles. The fourth-order valence-corrected chi connectivity index (χ4v) is 2.97. The van der Waals surface area contributed by atoms with Gasteiger partial charge in [0.2, 0.25) is 17.7 Å². The van der Waals surface area contributed by atoms with E-state index in [4.69, 9.17) is 10.8 Å². The molecule has 3 amide bonds. The lowest BCUT2D eigenvalue weighted by Crippen LogP contribution is -2.59. The van der Waals surface area contributed by atoms with Gasteiger partial charge in [0.05, 0.1) is 6.04 Å². The van der Waals surface area contributed by atoms with Crippen molar-refractivity contribution in [1.29, 1.82) is 0 Å². The summed E-state index contributed by atoms with van der Waals surface area (Å²) in [6.07, 6.45) is 0.477. The Morgan fingerprint density at radius 3 is 1.81 bits per heavy atom. The summed E-state index contributed by atoms with van der Waals surface area (Å²) in [5, 5.41) is 25.3. The molecule has 6 atom stereocenters. The molecule has 6 unspecified atom stereocenters. The van der Waals surface area contributed by atoms with E-state index in [2.05, 4.69) is 28.6 Å². The zero-order valence-electron chi connectivity index (χ0n) is 19.0. The fraction of sp³-hybridized carbons (Fsp3) is 0.750. The molecule has 0 saturated heterocycles. The molecule has 32 heavy (non-hydrogen) atoms. The molecule has 0 rings (SSSR count). The van der Waals surface area contributed by atoms with E-state index in [1.807, 2.05) is 20.8 Å². The molecule has 0 bridgehead atoms. The van der Waals surface area contributed by atoms with E-state index in [9.17, 15) is 29.1 Å². The third kappa shape index (κ3) is 9.86. The molecule has 0 spiro atoms. The van der Waals surface area contributed by atoms with Crippen molar-refractivity contribution in [3.63, 3.8) is 0 Å². The van der Waals surface area contributed by atoms with Crippen LogP contribution in [0.4, 0.5) is 0 Å². The Kier molecular flexibility index (Phi) is 13.6. The number of nitrogens with one attached hydrogen (secondary N) is 3. The van der Waals surface area contributed by atoms with Crippen LogP contribution in [0.1, 0.15) is 53.4 Å². The van der Waals surface area contributed by atoms with E-state index < -0.39 is 60.2 Å². The molecule has 0 saturated carbocycles. The molecule has 0 aliphatic rings. The number of carbonyl (C=O) groups is 5. The summed E-state index contributed by atoms with van der Waals surface area (Å²) in [4.78, 5) is 59.9. The molecule has 0 aromatic carbocycles. The van der Waals surface area contributed by atoms with Crippen LogP contribution in [-0.4, -0.2) is 69.8 Å². The molecular weight excluding hydrogens is 440 g/mol. The van der Waals surface area contributed by atoms with Gasteiger partial charge in [-0.1, -0.05) is 40.5 Å². The van der Waals surface area contributed by atoms with Gasteiger partial charge in [0.25, 0.3) is 0 Å². The fourth-order valence-electron chi connectivity index (χ4n) is 2.72. The van der Waals surface area contributed by atoms with Crippen molar-refractivity contribution in [1.82, 2.24) is 16.0 Å². The Bertz CT molecular complexity index is 676. The van der Waals surface area contributed by atoms with Crippen LogP contribution in [0.25, 0.3) is 0 Å². The van der Waals surface area contributed by atoms with Gasteiger partial charge >= 0.3 is 11.9 Å². The van der Waals surface area contributed by atoms with Crippen molar-refractivity contribution in [2.45, 2.75) is 77.5 Å². The minimum Gasteiger partial charge on any atom is -0.481 e. The predicted molar refractivity (Wildman–Crippen MR) is 121 cm³/mol. The smallest absolute Gasteiger partial charge is 0.326 e. The van der Waals surface area contributed by atoms with Gasteiger partial charge in [-0.25, -0.2) is 4.79 Å². The Morgan fingerprint density at radius 2 is 1.38 bits per heavy atom. The van der Waals surface area contributed by atoms with Crippen LogP contribution in [0.15, 0.2) is 0 Å². The standard InChI is InChI=1S/C20H36N4O7S/c1-5-10(3)15(21)18(28)24-16(11(4)6-2)19(29)23-13(9-32)17(27)22-12(20(30)31)7-8-14(25)26/h10-13,15-16,32H,5-9,21H2,1-4H3,(H,22,27)(H,23,29)(H,24,28)(H,25,26)(H,30,31). The van der Waals surface area contributed by atoms with Gasteiger partial charge in [-0.15, -0.1) is 0 Å². The van der Waals surface area contributed by atoms with Crippen molar-refractivity contribution in [3.8, 4) is 0 Å². The first kappa shape index (κ1) is 29.7. The number of amides is 3. The molecule has 0 aromatic heterocycles. The summed E-state index contributed by atoms with van der Waals surface area (Å²) in [6, 6.07) is -4.38. The molecule has 0 aromatic rings. The average Bonchev–Trinajstić information content (AvgIpc) is 2.75. The highest BCUT2D eigenvalue weighted by atomic mass is 32.1. The average molecular weight is 477 g/mol.